The number of nitrogens with zero attached hydrogens (tertiary/aromatic N) is 3. The molecule has 0 spiro atoms. The van der Waals surface area contributed by atoms with E-state index < -0.39 is 0 Å². The predicted octanol–water partition coefficient (Wildman–Crippen LogP) is 2.11. The van der Waals surface area contributed by atoms with Crippen molar-refractivity contribution in [3.05, 3.63) is 47.8 Å². The molecule has 148 valence electrons. The molecular formula is C20H25FN6O. The third-order valence-electron chi connectivity index (χ3n) is 5.16. The first-order chi connectivity index (χ1) is 13.7. The first-order valence-corrected chi connectivity index (χ1v) is 9.82. The molecule has 0 unspecified atom stereocenters. The Morgan fingerprint density at radius 1 is 1.36 bits per heavy atom. The van der Waals surface area contributed by atoms with Crippen molar-refractivity contribution in [2.24, 2.45) is 0 Å². The summed E-state index contributed by atoms with van der Waals surface area (Å²) in [5.41, 5.74) is 2.57. The number of aromatic nitrogens is 4. The molecule has 1 fully saturated rings. The van der Waals surface area contributed by atoms with Gasteiger partial charge in [-0.05, 0) is 50.1 Å². The molecule has 1 aliphatic rings. The van der Waals surface area contributed by atoms with E-state index in [2.05, 4.69) is 25.7 Å². The van der Waals surface area contributed by atoms with Gasteiger partial charge in [-0.1, -0.05) is 0 Å². The number of amides is 1. The number of rotatable bonds is 7. The largest absolute Gasteiger partial charge is 0.354 e. The Morgan fingerprint density at radius 2 is 2.29 bits per heavy atom. The normalized spacial score (nSPS) is 17.1. The summed E-state index contributed by atoms with van der Waals surface area (Å²) in [4.78, 5) is 19.8. The molecule has 2 aromatic heterocycles. The van der Waals surface area contributed by atoms with E-state index in [4.69, 9.17) is 0 Å². The molecule has 3 heterocycles. The molecular weight excluding hydrogens is 359 g/mol. The van der Waals surface area contributed by atoms with Gasteiger partial charge in [0, 0.05) is 37.3 Å². The maximum Gasteiger partial charge on any atom is 0.241 e. The van der Waals surface area contributed by atoms with Crippen LogP contribution in [-0.2, 0) is 17.8 Å². The van der Waals surface area contributed by atoms with E-state index in [9.17, 15) is 9.18 Å². The van der Waals surface area contributed by atoms with Crippen LogP contribution >= 0.6 is 0 Å². The van der Waals surface area contributed by atoms with Crippen LogP contribution in [0.2, 0.25) is 0 Å². The van der Waals surface area contributed by atoms with Crippen LogP contribution in [-0.4, -0.2) is 45.3 Å². The molecule has 0 saturated carbocycles. The molecule has 1 saturated heterocycles. The van der Waals surface area contributed by atoms with Gasteiger partial charge >= 0.3 is 0 Å². The summed E-state index contributed by atoms with van der Waals surface area (Å²) in [6.45, 7) is 2.80. The Kier molecular flexibility index (Phi) is 5.66. The third kappa shape index (κ3) is 4.39. The second kappa shape index (κ2) is 8.52. The zero-order valence-corrected chi connectivity index (χ0v) is 15.7. The van der Waals surface area contributed by atoms with Crippen LogP contribution in [0.25, 0.3) is 11.0 Å². The number of fused-ring (bicyclic) bond motifs is 1. The van der Waals surface area contributed by atoms with E-state index in [1.165, 1.54) is 12.1 Å². The van der Waals surface area contributed by atoms with Gasteiger partial charge in [0.2, 0.25) is 5.91 Å². The van der Waals surface area contributed by atoms with E-state index in [1.807, 2.05) is 6.07 Å². The molecule has 0 bridgehead atoms. The standard InChI is InChI=1S/C20H25FN6O/c21-15-5-6-16-17(11-15)26-19(25-16)4-2-9-23-20(28)13-27-18(7-10-24-27)14-3-1-8-22-12-14/h5-7,10-11,14,22H,1-4,8-9,12-13H2,(H,23,28)(H,25,26)/t14-/m0/s1. The van der Waals surface area contributed by atoms with Gasteiger partial charge in [-0.15, -0.1) is 0 Å². The van der Waals surface area contributed by atoms with Gasteiger partial charge in [0.05, 0.1) is 11.0 Å². The van der Waals surface area contributed by atoms with Crippen molar-refractivity contribution in [2.45, 2.75) is 38.1 Å². The van der Waals surface area contributed by atoms with Crippen LogP contribution in [0.5, 0.6) is 0 Å². The number of hydrogen-bond acceptors (Lipinski definition) is 4. The number of carbonyl (C=O) groups is 1. The van der Waals surface area contributed by atoms with Crippen molar-refractivity contribution in [1.29, 1.82) is 0 Å². The van der Waals surface area contributed by atoms with Crippen LogP contribution in [0.3, 0.4) is 0 Å². The number of aryl methyl sites for hydroxylation is 1. The maximum absolute atomic E-state index is 13.2. The molecule has 4 rings (SSSR count). The van der Waals surface area contributed by atoms with Crippen LogP contribution in [0, 0.1) is 5.82 Å². The minimum Gasteiger partial charge on any atom is -0.354 e. The summed E-state index contributed by atoms with van der Waals surface area (Å²) in [6, 6.07) is 6.52. The summed E-state index contributed by atoms with van der Waals surface area (Å²) in [5.74, 6) is 0.897. The van der Waals surface area contributed by atoms with Crippen LogP contribution in [0.1, 0.15) is 36.7 Å². The van der Waals surface area contributed by atoms with E-state index in [0.717, 1.165) is 49.4 Å². The number of hydrogen-bond donors (Lipinski definition) is 3. The molecule has 1 amide bonds. The van der Waals surface area contributed by atoms with Gasteiger partial charge in [0.15, 0.2) is 0 Å². The van der Waals surface area contributed by atoms with Gasteiger partial charge in [0.25, 0.3) is 0 Å². The van der Waals surface area contributed by atoms with Crippen LogP contribution in [0.4, 0.5) is 4.39 Å². The van der Waals surface area contributed by atoms with E-state index >= 15 is 0 Å². The molecule has 28 heavy (non-hydrogen) atoms. The zero-order chi connectivity index (χ0) is 19.3. The van der Waals surface area contributed by atoms with E-state index in [1.54, 1.807) is 16.9 Å². The highest BCUT2D eigenvalue weighted by Crippen LogP contribution is 2.22. The number of H-pyrrole nitrogens is 1. The minimum absolute atomic E-state index is 0.0413. The quantitative estimate of drug-likeness (QED) is 0.545. The van der Waals surface area contributed by atoms with E-state index in [-0.39, 0.29) is 18.3 Å². The van der Waals surface area contributed by atoms with Gasteiger partial charge in [-0.25, -0.2) is 9.37 Å². The molecule has 3 aromatic rings. The van der Waals surface area contributed by atoms with Crippen LogP contribution in [0.15, 0.2) is 30.5 Å². The SMILES string of the molecule is O=C(Cn1nccc1[C@H]1CCCNC1)NCCCc1nc2ccc(F)cc2[nH]1. The highest BCUT2D eigenvalue weighted by atomic mass is 19.1. The molecule has 1 aliphatic heterocycles. The maximum atomic E-state index is 13.2. The van der Waals surface area contributed by atoms with Crippen LogP contribution < -0.4 is 10.6 Å². The average Bonchev–Trinajstić information content (AvgIpc) is 3.32. The number of aromatic amines is 1. The highest BCUT2D eigenvalue weighted by Gasteiger charge is 2.19. The fraction of sp³-hybridized carbons (Fsp3) is 0.450. The minimum atomic E-state index is -0.281. The molecule has 0 aliphatic carbocycles. The molecule has 0 radical (unpaired) electrons. The Balaban J connectivity index is 1.24. The summed E-state index contributed by atoms with van der Waals surface area (Å²) < 4.78 is 15.0. The lowest BCUT2D eigenvalue weighted by Crippen LogP contribution is -2.32. The van der Waals surface area contributed by atoms with E-state index in [0.29, 0.717) is 24.4 Å². The Bertz CT molecular complexity index is 943. The second-order valence-corrected chi connectivity index (χ2v) is 7.26. The Morgan fingerprint density at radius 3 is 3.14 bits per heavy atom. The van der Waals surface area contributed by atoms with Gasteiger partial charge in [-0.2, -0.15) is 5.10 Å². The lowest BCUT2D eigenvalue weighted by atomic mass is 9.96. The summed E-state index contributed by atoms with van der Waals surface area (Å²) in [6.07, 6.45) is 5.49. The fourth-order valence-corrected chi connectivity index (χ4v) is 3.75. The van der Waals surface area contributed by atoms with Crippen molar-refractivity contribution in [3.8, 4) is 0 Å². The molecule has 1 aromatic carbocycles. The third-order valence-corrected chi connectivity index (χ3v) is 5.16. The molecule has 8 heteroatoms. The summed E-state index contributed by atoms with van der Waals surface area (Å²) in [7, 11) is 0. The Hall–Kier alpha value is -2.74. The Labute approximate surface area is 162 Å². The van der Waals surface area contributed by atoms with Crippen molar-refractivity contribution in [3.63, 3.8) is 0 Å². The average molecular weight is 384 g/mol. The van der Waals surface area contributed by atoms with Gasteiger partial charge < -0.3 is 15.6 Å². The zero-order valence-electron chi connectivity index (χ0n) is 15.7. The molecule has 3 N–H and O–H groups in total. The monoisotopic (exact) mass is 384 g/mol. The number of imidazole rings is 1. The molecule has 1 atom stereocenters. The number of benzene rings is 1. The fourth-order valence-electron chi connectivity index (χ4n) is 3.75. The van der Waals surface area contributed by atoms with Gasteiger partial charge in [-0.3, -0.25) is 9.48 Å². The number of carbonyl (C=O) groups excluding carboxylic acids is 1. The van der Waals surface area contributed by atoms with Crippen molar-refractivity contribution in [1.82, 2.24) is 30.4 Å². The van der Waals surface area contributed by atoms with Crippen molar-refractivity contribution < 1.29 is 9.18 Å². The lowest BCUT2D eigenvalue weighted by molar-refractivity contribution is -0.121. The number of halogens is 1. The topological polar surface area (TPSA) is 87.6 Å². The first kappa shape index (κ1) is 18.6. The second-order valence-electron chi connectivity index (χ2n) is 7.26. The number of piperidine rings is 1. The highest BCUT2D eigenvalue weighted by molar-refractivity contribution is 5.76. The summed E-state index contributed by atoms with van der Waals surface area (Å²) >= 11 is 0. The smallest absolute Gasteiger partial charge is 0.241 e. The predicted molar refractivity (Wildman–Crippen MR) is 104 cm³/mol. The van der Waals surface area contributed by atoms with Crippen molar-refractivity contribution in [2.75, 3.05) is 19.6 Å². The first-order valence-electron chi connectivity index (χ1n) is 9.82. The lowest BCUT2D eigenvalue weighted by Gasteiger charge is -2.23. The van der Waals surface area contributed by atoms with Crippen molar-refractivity contribution >= 4 is 16.9 Å². The van der Waals surface area contributed by atoms with Gasteiger partial charge in [0.1, 0.15) is 18.2 Å². The summed E-state index contributed by atoms with van der Waals surface area (Å²) in [5, 5.41) is 10.7. The number of nitrogens with one attached hydrogen (secondary N) is 3. The molecule has 7 nitrogen and oxygen atoms in total.